The SMILES string of the molecule is CC1[C@H]2C[C@H]2CN1CC#CCC(C(=O)O)C1C=CC=CC1(O)C1CCCC1. The van der Waals surface area contributed by atoms with E-state index in [1.54, 1.807) is 0 Å². The second kappa shape index (κ2) is 7.45. The molecule has 0 aromatic heterocycles. The molecule has 0 aromatic carbocycles. The molecule has 1 aliphatic heterocycles. The first kappa shape index (κ1) is 18.8. The Bertz CT molecular complexity index is 696. The number of allylic oxidation sites excluding steroid dienone is 2. The lowest BCUT2D eigenvalue weighted by Gasteiger charge is -2.41. The second-order valence-corrected chi connectivity index (χ2v) is 8.97. The van der Waals surface area contributed by atoms with Gasteiger partial charge in [0.25, 0.3) is 0 Å². The third kappa shape index (κ3) is 3.60. The number of piperidine rings is 1. The maximum atomic E-state index is 12.0. The fraction of sp³-hybridized carbons (Fsp3) is 0.696. The van der Waals surface area contributed by atoms with E-state index in [1.165, 1.54) is 6.42 Å². The number of hydrogen-bond acceptors (Lipinski definition) is 3. The first-order valence-corrected chi connectivity index (χ1v) is 10.5. The Balaban J connectivity index is 1.42. The van der Waals surface area contributed by atoms with Gasteiger partial charge >= 0.3 is 5.97 Å². The zero-order valence-corrected chi connectivity index (χ0v) is 16.2. The van der Waals surface area contributed by atoms with Gasteiger partial charge in [-0.1, -0.05) is 43.1 Å². The average Bonchev–Trinajstić information content (AvgIpc) is 3.05. The Hall–Kier alpha value is -1.57. The molecule has 4 nitrogen and oxygen atoms in total. The summed E-state index contributed by atoms with van der Waals surface area (Å²) in [4.78, 5) is 14.4. The van der Waals surface area contributed by atoms with Gasteiger partial charge in [-0.3, -0.25) is 9.69 Å². The molecule has 6 atom stereocenters. The first-order chi connectivity index (χ1) is 13.0. The van der Waals surface area contributed by atoms with Crippen molar-refractivity contribution in [1.82, 2.24) is 4.90 Å². The van der Waals surface area contributed by atoms with Gasteiger partial charge < -0.3 is 10.2 Å². The normalized spacial score (nSPS) is 39.0. The summed E-state index contributed by atoms with van der Waals surface area (Å²) < 4.78 is 0. The van der Waals surface area contributed by atoms with Crippen LogP contribution in [0.1, 0.15) is 45.4 Å². The lowest BCUT2D eigenvalue weighted by Crippen LogP contribution is -2.47. The number of hydrogen-bond donors (Lipinski definition) is 2. The van der Waals surface area contributed by atoms with Gasteiger partial charge in [-0.2, -0.15) is 0 Å². The molecule has 146 valence electrons. The highest BCUT2D eigenvalue weighted by atomic mass is 16.4. The molecule has 0 aromatic rings. The summed E-state index contributed by atoms with van der Waals surface area (Å²) in [6.07, 6.45) is 13.3. The maximum Gasteiger partial charge on any atom is 0.308 e. The van der Waals surface area contributed by atoms with Gasteiger partial charge in [0, 0.05) is 24.9 Å². The number of aliphatic carboxylic acids is 1. The molecule has 3 aliphatic carbocycles. The Morgan fingerprint density at radius 1 is 1.30 bits per heavy atom. The molecule has 1 heterocycles. The predicted octanol–water partition coefficient (Wildman–Crippen LogP) is 3.08. The van der Waals surface area contributed by atoms with Crippen molar-refractivity contribution in [1.29, 1.82) is 0 Å². The highest BCUT2D eigenvalue weighted by Gasteiger charge is 2.50. The molecule has 0 spiro atoms. The molecule has 0 radical (unpaired) electrons. The molecule has 27 heavy (non-hydrogen) atoms. The van der Waals surface area contributed by atoms with Crippen molar-refractivity contribution in [3.8, 4) is 11.8 Å². The molecule has 0 bridgehead atoms. The monoisotopic (exact) mass is 369 g/mol. The molecule has 4 rings (SSSR count). The molecule has 3 fully saturated rings. The Kier molecular flexibility index (Phi) is 5.18. The third-order valence-corrected chi connectivity index (χ3v) is 7.46. The quantitative estimate of drug-likeness (QED) is 0.731. The highest BCUT2D eigenvalue weighted by molar-refractivity contribution is 5.71. The van der Waals surface area contributed by atoms with Crippen molar-refractivity contribution >= 4 is 5.97 Å². The van der Waals surface area contributed by atoms with E-state index in [9.17, 15) is 15.0 Å². The van der Waals surface area contributed by atoms with Crippen LogP contribution in [-0.4, -0.2) is 45.8 Å². The Morgan fingerprint density at radius 2 is 2.07 bits per heavy atom. The third-order valence-electron chi connectivity index (χ3n) is 7.46. The maximum absolute atomic E-state index is 12.0. The summed E-state index contributed by atoms with van der Waals surface area (Å²) in [5.74, 6) is 6.28. The lowest BCUT2D eigenvalue weighted by molar-refractivity contribution is -0.147. The fourth-order valence-electron chi connectivity index (χ4n) is 5.64. The number of likely N-dealkylation sites (tertiary alicyclic amines) is 1. The van der Waals surface area contributed by atoms with Crippen LogP contribution in [0, 0.1) is 41.4 Å². The van der Waals surface area contributed by atoms with E-state index in [0.29, 0.717) is 12.5 Å². The van der Waals surface area contributed by atoms with Crippen molar-refractivity contribution in [2.75, 3.05) is 13.1 Å². The van der Waals surface area contributed by atoms with Crippen LogP contribution in [0.4, 0.5) is 0 Å². The number of carboxylic acid groups (broad SMARTS) is 1. The Morgan fingerprint density at radius 3 is 2.74 bits per heavy atom. The molecule has 4 heteroatoms. The van der Waals surface area contributed by atoms with Crippen LogP contribution in [0.3, 0.4) is 0 Å². The van der Waals surface area contributed by atoms with Crippen LogP contribution in [0.15, 0.2) is 24.3 Å². The number of rotatable bonds is 5. The standard InChI is InChI=1S/C23H31NO3/c1-16-20-14-17(20)15-24(16)13-7-5-10-19(22(25)26)21-11-4-6-12-23(21,27)18-8-2-3-9-18/h4,6,11-12,16-21,27H,2-3,8-10,13-15H2,1H3,(H,25,26)/t16?,17-,19?,20+,21?,23?/m0/s1. The second-order valence-electron chi connectivity index (χ2n) is 8.97. The van der Waals surface area contributed by atoms with Crippen molar-refractivity contribution in [2.45, 2.75) is 57.1 Å². The van der Waals surface area contributed by atoms with Gasteiger partial charge in [0.05, 0.1) is 18.1 Å². The van der Waals surface area contributed by atoms with E-state index < -0.39 is 23.4 Å². The van der Waals surface area contributed by atoms with Crippen LogP contribution >= 0.6 is 0 Å². The van der Waals surface area contributed by atoms with Gasteiger partial charge in [-0.05, 0) is 43.9 Å². The number of aliphatic hydroxyl groups is 1. The van der Waals surface area contributed by atoms with E-state index in [2.05, 4.69) is 23.7 Å². The van der Waals surface area contributed by atoms with E-state index in [-0.39, 0.29) is 5.92 Å². The van der Waals surface area contributed by atoms with Crippen molar-refractivity contribution < 1.29 is 15.0 Å². The smallest absolute Gasteiger partial charge is 0.308 e. The molecule has 2 N–H and O–H groups in total. The molecular formula is C23H31NO3. The average molecular weight is 370 g/mol. The lowest BCUT2D eigenvalue weighted by atomic mass is 9.68. The topological polar surface area (TPSA) is 60.8 Å². The summed E-state index contributed by atoms with van der Waals surface area (Å²) in [7, 11) is 0. The molecule has 1 saturated heterocycles. The van der Waals surface area contributed by atoms with Crippen molar-refractivity contribution in [3.05, 3.63) is 24.3 Å². The number of carboxylic acids is 1. The summed E-state index contributed by atoms with van der Waals surface area (Å²) in [5, 5.41) is 21.2. The predicted molar refractivity (Wildman–Crippen MR) is 105 cm³/mol. The van der Waals surface area contributed by atoms with Gasteiger partial charge in [0.1, 0.15) is 0 Å². The van der Waals surface area contributed by atoms with E-state index in [4.69, 9.17) is 0 Å². The Labute approximate surface area is 162 Å². The van der Waals surface area contributed by atoms with E-state index >= 15 is 0 Å². The number of carbonyl (C=O) groups is 1. The summed E-state index contributed by atoms with van der Waals surface area (Å²) in [6.45, 7) is 4.15. The van der Waals surface area contributed by atoms with Crippen LogP contribution in [0.5, 0.6) is 0 Å². The molecule has 4 aliphatic rings. The summed E-state index contributed by atoms with van der Waals surface area (Å²) >= 11 is 0. The molecule has 0 amide bonds. The zero-order valence-electron chi connectivity index (χ0n) is 16.2. The van der Waals surface area contributed by atoms with Crippen molar-refractivity contribution in [3.63, 3.8) is 0 Å². The van der Waals surface area contributed by atoms with Crippen LogP contribution in [0.2, 0.25) is 0 Å². The van der Waals surface area contributed by atoms with Crippen LogP contribution < -0.4 is 0 Å². The van der Waals surface area contributed by atoms with Crippen molar-refractivity contribution in [2.24, 2.45) is 29.6 Å². The minimum Gasteiger partial charge on any atom is -0.481 e. The number of nitrogens with zero attached hydrogens (tertiary/aromatic N) is 1. The van der Waals surface area contributed by atoms with E-state index in [0.717, 1.165) is 50.6 Å². The van der Waals surface area contributed by atoms with Gasteiger partial charge in [0.15, 0.2) is 0 Å². The minimum absolute atomic E-state index is 0.149. The number of fused-ring (bicyclic) bond motifs is 1. The van der Waals surface area contributed by atoms with Crippen LogP contribution in [0.25, 0.3) is 0 Å². The summed E-state index contributed by atoms with van der Waals surface area (Å²) in [5.41, 5.74) is -1.05. The van der Waals surface area contributed by atoms with Gasteiger partial charge in [0.2, 0.25) is 0 Å². The first-order valence-electron chi connectivity index (χ1n) is 10.5. The van der Waals surface area contributed by atoms with Gasteiger partial charge in [-0.25, -0.2) is 0 Å². The largest absolute Gasteiger partial charge is 0.481 e. The minimum atomic E-state index is -1.05. The van der Waals surface area contributed by atoms with E-state index in [1.807, 2.05) is 24.3 Å². The van der Waals surface area contributed by atoms with Crippen LogP contribution in [-0.2, 0) is 4.79 Å². The highest BCUT2D eigenvalue weighted by Crippen LogP contribution is 2.49. The summed E-state index contributed by atoms with van der Waals surface area (Å²) in [6, 6.07) is 0.610. The molecular weight excluding hydrogens is 338 g/mol. The zero-order chi connectivity index (χ0) is 19.0. The molecule has 2 saturated carbocycles. The molecule has 4 unspecified atom stereocenters. The van der Waals surface area contributed by atoms with Gasteiger partial charge in [-0.15, -0.1) is 5.92 Å². The fourth-order valence-corrected chi connectivity index (χ4v) is 5.64.